The van der Waals surface area contributed by atoms with Gasteiger partial charge >= 0.3 is 0 Å². The number of nitrogens with zero attached hydrogens (tertiary/aromatic N) is 1. The number of carbonyl (C=O) groups is 1. The van der Waals surface area contributed by atoms with Crippen LogP contribution in [0.1, 0.15) is 37.7 Å². The number of halogens is 2. The van der Waals surface area contributed by atoms with Crippen molar-refractivity contribution < 1.29 is 17.9 Å². The van der Waals surface area contributed by atoms with Gasteiger partial charge in [-0.2, -0.15) is 4.31 Å². The van der Waals surface area contributed by atoms with Crippen LogP contribution < -0.4 is 10.1 Å². The van der Waals surface area contributed by atoms with E-state index in [0.29, 0.717) is 23.6 Å². The summed E-state index contributed by atoms with van der Waals surface area (Å²) in [6.45, 7) is 1.49. The van der Waals surface area contributed by atoms with Crippen LogP contribution >= 0.6 is 23.2 Å². The zero-order chi connectivity index (χ0) is 22.6. The van der Waals surface area contributed by atoms with Crippen molar-refractivity contribution in [2.24, 2.45) is 0 Å². The summed E-state index contributed by atoms with van der Waals surface area (Å²) in [5.74, 6) is -0.227. The van der Waals surface area contributed by atoms with E-state index in [1.54, 1.807) is 36.4 Å². The number of methoxy groups -OCH3 is 1. The molecule has 2 aromatic rings. The number of aryl methyl sites for hydroxylation is 1. The van der Waals surface area contributed by atoms with Crippen LogP contribution in [-0.2, 0) is 14.8 Å². The van der Waals surface area contributed by atoms with Crippen LogP contribution in [-0.4, -0.2) is 38.3 Å². The third-order valence-electron chi connectivity index (χ3n) is 5.41. The number of carbonyl (C=O) groups excluding carboxylic acids is 1. The molecule has 1 aliphatic carbocycles. The van der Waals surface area contributed by atoms with Crippen LogP contribution in [0.3, 0.4) is 0 Å². The fraction of sp³-hybridized carbons (Fsp3) is 0.409. The second-order valence-electron chi connectivity index (χ2n) is 7.65. The molecule has 0 aromatic heterocycles. The van der Waals surface area contributed by atoms with Crippen molar-refractivity contribution in [3.05, 3.63) is 52.0 Å². The second-order valence-corrected chi connectivity index (χ2v) is 10.3. The van der Waals surface area contributed by atoms with Crippen LogP contribution in [0.5, 0.6) is 5.75 Å². The first kappa shape index (κ1) is 23.9. The average molecular weight is 485 g/mol. The highest BCUT2D eigenvalue weighted by atomic mass is 35.5. The van der Waals surface area contributed by atoms with E-state index in [4.69, 9.17) is 27.9 Å². The third-order valence-corrected chi connectivity index (χ3v) is 8.15. The molecule has 1 amide bonds. The van der Waals surface area contributed by atoms with Gasteiger partial charge in [-0.3, -0.25) is 4.79 Å². The summed E-state index contributed by atoms with van der Waals surface area (Å²) in [6, 6.07) is 9.64. The summed E-state index contributed by atoms with van der Waals surface area (Å²) in [5.41, 5.74) is 1.13. The Labute approximate surface area is 193 Å². The van der Waals surface area contributed by atoms with E-state index >= 15 is 0 Å². The fourth-order valence-electron chi connectivity index (χ4n) is 3.82. The Balaban J connectivity index is 1.94. The van der Waals surface area contributed by atoms with E-state index in [0.717, 1.165) is 24.8 Å². The van der Waals surface area contributed by atoms with E-state index in [2.05, 4.69) is 5.32 Å². The number of hydrogen-bond acceptors (Lipinski definition) is 4. The first-order valence-corrected chi connectivity index (χ1v) is 12.3. The molecule has 0 spiro atoms. The standard InChI is InChI=1S/C22H26Cl2N2O4S/c1-15-11-12-19(30-2)20(13-15)31(28,29)26(16-7-4-3-5-8-16)14-21(27)25-18-10-6-9-17(23)22(18)24/h6,9-13,16H,3-5,7-8,14H2,1-2H3,(H,25,27). The maximum atomic E-state index is 13.7. The summed E-state index contributed by atoms with van der Waals surface area (Å²) in [4.78, 5) is 12.9. The quantitative estimate of drug-likeness (QED) is 0.580. The Morgan fingerprint density at radius 2 is 1.87 bits per heavy atom. The molecule has 31 heavy (non-hydrogen) atoms. The lowest BCUT2D eigenvalue weighted by molar-refractivity contribution is -0.116. The van der Waals surface area contributed by atoms with Crippen molar-refractivity contribution in [1.29, 1.82) is 0 Å². The zero-order valence-electron chi connectivity index (χ0n) is 17.5. The van der Waals surface area contributed by atoms with Gasteiger partial charge in [0.15, 0.2) is 0 Å². The van der Waals surface area contributed by atoms with Gasteiger partial charge in [0, 0.05) is 6.04 Å². The lowest BCUT2D eigenvalue weighted by atomic mass is 9.95. The molecule has 1 N–H and O–H groups in total. The minimum Gasteiger partial charge on any atom is -0.495 e. The summed E-state index contributed by atoms with van der Waals surface area (Å²) < 4.78 is 34.0. The largest absolute Gasteiger partial charge is 0.495 e. The molecule has 0 atom stereocenters. The number of sulfonamides is 1. The average Bonchev–Trinajstić information content (AvgIpc) is 2.75. The third kappa shape index (κ3) is 5.52. The highest BCUT2D eigenvalue weighted by Crippen LogP contribution is 2.33. The van der Waals surface area contributed by atoms with Crippen molar-refractivity contribution in [3.8, 4) is 5.75 Å². The van der Waals surface area contributed by atoms with Crippen LogP contribution in [0.2, 0.25) is 10.0 Å². The molecule has 0 aliphatic heterocycles. The van der Waals surface area contributed by atoms with Crippen LogP contribution in [0.25, 0.3) is 0 Å². The summed E-state index contributed by atoms with van der Waals surface area (Å²) in [5, 5.41) is 3.21. The lowest BCUT2D eigenvalue weighted by Gasteiger charge is -2.33. The van der Waals surface area contributed by atoms with Gasteiger partial charge in [0.2, 0.25) is 15.9 Å². The minimum atomic E-state index is -3.98. The zero-order valence-corrected chi connectivity index (χ0v) is 19.9. The summed E-state index contributed by atoms with van der Waals surface area (Å²) in [6.07, 6.45) is 4.31. The number of rotatable bonds is 7. The molecule has 3 rings (SSSR count). The molecule has 1 saturated carbocycles. The number of nitrogens with one attached hydrogen (secondary N) is 1. The van der Waals surface area contributed by atoms with Gasteiger partial charge in [-0.1, -0.05) is 54.6 Å². The molecule has 168 valence electrons. The Morgan fingerprint density at radius 1 is 1.16 bits per heavy atom. The lowest BCUT2D eigenvalue weighted by Crippen LogP contribution is -2.45. The van der Waals surface area contributed by atoms with Gasteiger partial charge in [0.1, 0.15) is 10.6 Å². The summed E-state index contributed by atoms with van der Waals surface area (Å²) in [7, 11) is -2.55. The number of ether oxygens (including phenoxy) is 1. The number of anilines is 1. The molecule has 1 aliphatic rings. The number of benzene rings is 2. The molecular weight excluding hydrogens is 459 g/mol. The number of amides is 1. The van der Waals surface area contributed by atoms with E-state index < -0.39 is 15.9 Å². The normalized spacial score (nSPS) is 15.1. The highest BCUT2D eigenvalue weighted by Gasteiger charge is 2.36. The van der Waals surface area contributed by atoms with E-state index in [1.807, 2.05) is 6.92 Å². The molecule has 1 fully saturated rings. The Hall–Kier alpha value is -1.80. The molecule has 0 heterocycles. The van der Waals surface area contributed by atoms with Crippen molar-refractivity contribution in [2.45, 2.75) is 50.0 Å². The molecule has 0 unspecified atom stereocenters. The topological polar surface area (TPSA) is 75.7 Å². The van der Waals surface area contributed by atoms with Gasteiger partial charge in [-0.15, -0.1) is 0 Å². The first-order chi connectivity index (χ1) is 14.7. The van der Waals surface area contributed by atoms with Gasteiger partial charge in [0.05, 0.1) is 29.4 Å². The monoisotopic (exact) mass is 484 g/mol. The minimum absolute atomic E-state index is 0.0640. The Morgan fingerprint density at radius 3 is 2.55 bits per heavy atom. The van der Waals surface area contributed by atoms with Crippen molar-refractivity contribution >= 4 is 44.8 Å². The predicted octanol–water partition coefficient (Wildman–Crippen LogP) is 5.27. The smallest absolute Gasteiger partial charge is 0.247 e. The second kappa shape index (κ2) is 10.2. The maximum absolute atomic E-state index is 13.7. The summed E-state index contributed by atoms with van der Waals surface area (Å²) >= 11 is 12.2. The van der Waals surface area contributed by atoms with E-state index in [-0.39, 0.29) is 28.3 Å². The molecule has 0 bridgehead atoms. The Kier molecular flexibility index (Phi) is 7.86. The molecule has 2 aromatic carbocycles. The van der Waals surface area contributed by atoms with Gasteiger partial charge in [-0.25, -0.2) is 8.42 Å². The van der Waals surface area contributed by atoms with Crippen LogP contribution in [0, 0.1) is 6.92 Å². The van der Waals surface area contributed by atoms with Crippen molar-refractivity contribution in [2.75, 3.05) is 19.0 Å². The maximum Gasteiger partial charge on any atom is 0.247 e. The first-order valence-electron chi connectivity index (χ1n) is 10.1. The Bertz CT molecular complexity index is 1050. The molecule has 0 saturated heterocycles. The van der Waals surface area contributed by atoms with Crippen LogP contribution in [0.15, 0.2) is 41.3 Å². The van der Waals surface area contributed by atoms with Gasteiger partial charge in [-0.05, 0) is 49.6 Å². The van der Waals surface area contributed by atoms with Gasteiger partial charge < -0.3 is 10.1 Å². The predicted molar refractivity (Wildman–Crippen MR) is 124 cm³/mol. The van der Waals surface area contributed by atoms with Crippen molar-refractivity contribution in [3.63, 3.8) is 0 Å². The molecular formula is C22H26Cl2N2O4S. The molecule has 9 heteroatoms. The molecule has 0 radical (unpaired) electrons. The number of hydrogen-bond donors (Lipinski definition) is 1. The SMILES string of the molecule is COc1ccc(C)cc1S(=O)(=O)N(CC(=O)Nc1cccc(Cl)c1Cl)C1CCCCC1. The van der Waals surface area contributed by atoms with Crippen LogP contribution in [0.4, 0.5) is 5.69 Å². The highest BCUT2D eigenvalue weighted by molar-refractivity contribution is 7.89. The fourth-order valence-corrected chi connectivity index (χ4v) is 6.05. The molecule has 6 nitrogen and oxygen atoms in total. The van der Waals surface area contributed by atoms with Crippen molar-refractivity contribution in [1.82, 2.24) is 4.31 Å². The van der Waals surface area contributed by atoms with Gasteiger partial charge in [0.25, 0.3) is 0 Å². The van der Waals surface area contributed by atoms with E-state index in [9.17, 15) is 13.2 Å². The van der Waals surface area contributed by atoms with E-state index in [1.165, 1.54) is 11.4 Å².